The highest BCUT2D eigenvalue weighted by Crippen LogP contribution is 2.48. The van der Waals surface area contributed by atoms with E-state index >= 15 is 0 Å². The molecule has 0 N–H and O–H groups in total. The first-order valence-corrected chi connectivity index (χ1v) is 7.52. The van der Waals surface area contributed by atoms with E-state index in [1.54, 1.807) is 17.0 Å². The summed E-state index contributed by atoms with van der Waals surface area (Å²) in [5, 5.41) is 9.19. The number of hydrogen-bond acceptors (Lipinski definition) is 5. The van der Waals surface area contributed by atoms with Gasteiger partial charge in [-0.2, -0.15) is 5.26 Å². The van der Waals surface area contributed by atoms with Crippen molar-refractivity contribution in [2.24, 2.45) is 10.8 Å². The van der Waals surface area contributed by atoms with Gasteiger partial charge in [0, 0.05) is 29.6 Å². The van der Waals surface area contributed by atoms with Gasteiger partial charge in [0.15, 0.2) is 5.78 Å². The number of carbonyl (C=O) groups is 2. The molecule has 0 radical (unpaired) electrons. The molecule has 1 spiro atoms. The zero-order chi connectivity index (χ0) is 16.8. The standard InChI is InChI=1S/C17H18N4O2/c1-11-4-13(20-10-19-11)15(23)21-8-17(9-21)5-12(6-18)14(22)16(2,3)7-17/h4-5,10H,7-9H2,1-3H3. The van der Waals surface area contributed by atoms with Crippen molar-refractivity contribution in [2.45, 2.75) is 27.2 Å². The number of aromatic nitrogens is 2. The van der Waals surface area contributed by atoms with E-state index in [4.69, 9.17) is 0 Å². The third kappa shape index (κ3) is 2.52. The highest BCUT2D eigenvalue weighted by Gasteiger charge is 2.52. The van der Waals surface area contributed by atoms with Gasteiger partial charge in [-0.15, -0.1) is 0 Å². The summed E-state index contributed by atoms with van der Waals surface area (Å²) in [6.07, 6.45) is 3.79. The first-order chi connectivity index (χ1) is 10.8. The molecule has 1 aromatic heterocycles. The van der Waals surface area contributed by atoms with Crippen LogP contribution in [0.1, 0.15) is 36.5 Å². The summed E-state index contributed by atoms with van der Waals surface area (Å²) in [7, 11) is 0. The van der Waals surface area contributed by atoms with Gasteiger partial charge in [-0.25, -0.2) is 9.97 Å². The van der Waals surface area contributed by atoms with Gasteiger partial charge in [-0.1, -0.05) is 19.9 Å². The molecule has 6 heteroatoms. The summed E-state index contributed by atoms with van der Waals surface area (Å²) in [5.74, 6) is -0.246. The summed E-state index contributed by atoms with van der Waals surface area (Å²) in [5.41, 5.74) is 0.490. The zero-order valence-electron chi connectivity index (χ0n) is 13.5. The van der Waals surface area contributed by atoms with Crippen molar-refractivity contribution in [1.82, 2.24) is 14.9 Å². The van der Waals surface area contributed by atoms with E-state index in [1.807, 2.05) is 26.8 Å². The third-order valence-corrected chi connectivity index (χ3v) is 4.55. The molecular formula is C17H18N4O2. The Labute approximate surface area is 134 Å². The SMILES string of the molecule is Cc1cc(C(=O)N2CC3(C=C(C#N)C(=O)C(C)(C)C3)C2)ncn1. The average Bonchev–Trinajstić information content (AvgIpc) is 2.46. The van der Waals surface area contributed by atoms with Gasteiger partial charge in [-0.3, -0.25) is 9.59 Å². The second kappa shape index (κ2) is 4.98. The summed E-state index contributed by atoms with van der Waals surface area (Å²) in [6, 6.07) is 3.67. The quantitative estimate of drug-likeness (QED) is 0.787. The second-order valence-electron chi connectivity index (χ2n) is 7.13. The number of likely N-dealkylation sites (tertiary alicyclic amines) is 1. The number of amides is 1. The Kier molecular flexibility index (Phi) is 3.33. The van der Waals surface area contributed by atoms with Crippen molar-refractivity contribution in [3.05, 3.63) is 35.4 Å². The summed E-state index contributed by atoms with van der Waals surface area (Å²) in [6.45, 7) is 6.56. The lowest BCUT2D eigenvalue weighted by Crippen LogP contribution is -2.61. The van der Waals surface area contributed by atoms with Gasteiger partial charge in [0.25, 0.3) is 5.91 Å². The van der Waals surface area contributed by atoms with Crippen molar-refractivity contribution in [2.75, 3.05) is 13.1 Å². The van der Waals surface area contributed by atoms with Crippen LogP contribution < -0.4 is 0 Å². The van der Waals surface area contributed by atoms with E-state index in [9.17, 15) is 14.9 Å². The highest BCUT2D eigenvalue weighted by atomic mass is 16.2. The van der Waals surface area contributed by atoms with Crippen LogP contribution in [-0.4, -0.2) is 39.6 Å². The number of ketones is 1. The molecule has 1 aromatic rings. The lowest BCUT2D eigenvalue weighted by atomic mass is 9.61. The van der Waals surface area contributed by atoms with E-state index < -0.39 is 5.41 Å². The van der Waals surface area contributed by atoms with Crippen molar-refractivity contribution in [3.63, 3.8) is 0 Å². The van der Waals surface area contributed by atoms with Gasteiger partial charge < -0.3 is 4.90 Å². The molecule has 23 heavy (non-hydrogen) atoms. The van der Waals surface area contributed by atoms with Gasteiger partial charge in [0.1, 0.15) is 18.1 Å². The van der Waals surface area contributed by atoms with E-state index in [-0.39, 0.29) is 22.7 Å². The van der Waals surface area contributed by atoms with Crippen LogP contribution in [0.3, 0.4) is 0 Å². The predicted octanol–water partition coefficient (Wildman–Crippen LogP) is 1.68. The minimum Gasteiger partial charge on any atom is -0.335 e. The molecule has 6 nitrogen and oxygen atoms in total. The lowest BCUT2D eigenvalue weighted by molar-refractivity contribution is -0.127. The number of hydrogen-bond donors (Lipinski definition) is 0. The number of carbonyl (C=O) groups excluding carboxylic acids is 2. The molecule has 1 amide bonds. The van der Waals surface area contributed by atoms with Crippen LogP contribution in [-0.2, 0) is 4.79 Å². The number of nitriles is 1. The first-order valence-electron chi connectivity index (χ1n) is 7.52. The molecule has 3 rings (SSSR count). The summed E-state index contributed by atoms with van der Waals surface area (Å²) >= 11 is 0. The molecule has 0 atom stereocenters. The number of Topliss-reactive ketones (excluding diaryl/α,β-unsaturated/α-hetero) is 1. The number of nitrogens with zero attached hydrogens (tertiary/aromatic N) is 4. The van der Waals surface area contributed by atoms with E-state index in [0.29, 0.717) is 25.2 Å². The molecule has 1 fully saturated rings. The molecular weight excluding hydrogens is 292 g/mol. The van der Waals surface area contributed by atoms with Crippen LogP contribution in [0, 0.1) is 29.1 Å². The van der Waals surface area contributed by atoms with Gasteiger partial charge >= 0.3 is 0 Å². The van der Waals surface area contributed by atoms with E-state index in [2.05, 4.69) is 9.97 Å². The number of allylic oxidation sites excluding steroid dienone is 1. The van der Waals surface area contributed by atoms with Gasteiger partial charge in [0.2, 0.25) is 0 Å². The molecule has 1 aliphatic heterocycles. The third-order valence-electron chi connectivity index (χ3n) is 4.55. The fourth-order valence-corrected chi connectivity index (χ4v) is 3.62. The Morgan fingerprint density at radius 1 is 1.35 bits per heavy atom. The Hall–Kier alpha value is -2.55. The van der Waals surface area contributed by atoms with Crippen molar-refractivity contribution in [3.8, 4) is 6.07 Å². The predicted molar refractivity (Wildman–Crippen MR) is 82.2 cm³/mol. The van der Waals surface area contributed by atoms with Crippen LogP contribution in [0.4, 0.5) is 0 Å². The molecule has 0 bridgehead atoms. The number of aryl methyl sites for hydroxylation is 1. The molecule has 2 aliphatic rings. The fraction of sp³-hybridized carbons (Fsp3) is 0.471. The fourth-order valence-electron chi connectivity index (χ4n) is 3.62. The average molecular weight is 310 g/mol. The van der Waals surface area contributed by atoms with Crippen molar-refractivity contribution >= 4 is 11.7 Å². The van der Waals surface area contributed by atoms with E-state index in [0.717, 1.165) is 5.69 Å². The van der Waals surface area contributed by atoms with Crippen molar-refractivity contribution in [1.29, 1.82) is 5.26 Å². The molecule has 0 saturated carbocycles. The lowest BCUT2D eigenvalue weighted by Gasteiger charge is -2.53. The van der Waals surface area contributed by atoms with Crippen LogP contribution in [0.5, 0.6) is 0 Å². The molecule has 1 saturated heterocycles. The maximum atomic E-state index is 12.5. The minimum absolute atomic E-state index is 0.109. The Balaban J connectivity index is 1.80. The molecule has 118 valence electrons. The Morgan fingerprint density at radius 3 is 2.65 bits per heavy atom. The smallest absolute Gasteiger partial charge is 0.272 e. The maximum Gasteiger partial charge on any atom is 0.272 e. The first kappa shape index (κ1) is 15.3. The van der Waals surface area contributed by atoms with Crippen LogP contribution in [0.25, 0.3) is 0 Å². The topological polar surface area (TPSA) is 87.0 Å². The summed E-state index contributed by atoms with van der Waals surface area (Å²) in [4.78, 5) is 34.4. The monoisotopic (exact) mass is 310 g/mol. The normalized spacial score (nSPS) is 21.4. The van der Waals surface area contributed by atoms with Crippen molar-refractivity contribution < 1.29 is 9.59 Å². The summed E-state index contributed by atoms with van der Waals surface area (Å²) < 4.78 is 0. The Bertz CT molecular complexity index is 767. The second-order valence-corrected chi connectivity index (χ2v) is 7.13. The van der Waals surface area contributed by atoms with Crippen LogP contribution in [0.15, 0.2) is 24.0 Å². The molecule has 2 heterocycles. The van der Waals surface area contributed by atoms with Gasteiger partial charge in [0.05, 0.1) is 5.57 Å². The molecule has 0 unspecified atom stereocenters. The zero-order valence-corrected chi connectivity index (χ0v) is 13.5. The van der Waals surface area contributed by atoms with Gasteiger partial charge in [-0.05, 0) is 19.4 Å². The highest BCUT2D eigenvalue weighted by molar-refractivity contribution is 6.04. The van der Waals surface area contributed by atoms with E-state index in [1.165, 1.54) is 6.33 Å². The number of rotatable bonds is 1. The van der Waals surface area contributed by atoms with Crippen LogP contribution >= 0.6 is 0 Å². The maximum absolute atomic E-state index is 12.5. The largest absolute Gasteiger partial charge is 0.335 e. The Morgan fingerprint density at radius 2 is 2.04 bits per heavy atom. The minimum atomic E-state index is -0.569. The van der Waals surface area contributed by atoms with Crippen LogP contribution in [0.2, 0.25) is 0 Å². The molecule has 1 aliphatic carbocycles. The molecule has 0 aromatic carbocycles.